The lowest BCUT2D eigenvalue weighted by molar-refractivity contribution is 0.713. The van der Waals surface area contributed by atoms with Crippen LogP contribution < -0.4 is 5.32 Å². The Morgan fingerprint density at radius 1 is 1.24 bits per heavy atom. The first-order valence-electron chi connectivity index (χ1n) is 5.25. The first kappa shape index (κ1) is 12.3. The topological polar surface area (TPSA) is 29.9 Å². The molecule has 0 spiro atoms. The fourth-order valence-electron chi connectivity index (χ4n) is 1.63. The second kappa shape index (κ2) is 4.98. The van der Waals surface area contributed by atoms with Gasteiger partial charge >= 0.3 is 0 Å². The van der Waals surface area contributed by atoms with Crippen LogP contribution in [0.25, 0.3) is 0 Å². The Morgan fingerprint density at radius 2 is 1.88 bits per heavy atom. The molecule has 0 aliphatic rings. The molecule has 0 amide bonds. The summed E-state index contributed by atoms with van der Waals surface area (Å²) in [6, 6.07) is 7.55. The van der Waals surface area contributed by atoms with Crippen LogP contribution in [0.3, 0.4) is 0 Å². The Labute approximate surface area is 110 Å². The molecule has 17 heavy (non-hydrogen) atoms. The summed E-state index contributed by atoms with van der Waals surface area (Å²) in [6.45, 7) is 2.53. The highest BCUT2D eigenvalue weighted by atomic mass is 35.5. The average molecular weight is 270 g/mol. The maximum Gasteiger partial charge on any atom is 0.0865 e. The molecule has 2 aromatic rings. The minimum atomic E-state index is 0.637. The Morgan fingerprint density at radius 3 is 2.41 bits per heavy atom. The molecule has 5 heteroatoms. The van der Waals surface area contributed by atoms with Crippen molar-refractivity contribution >= 4 is 28.9 Å². The van der Waals surface area contributed by atoms with Crippen molar-refractivity contribution in [1.29, 1.82) is 0 Å². The number of anilines is 1. The van der Waals surface area contributed by atoms with E-state index in [1.165, 1.54) is 0 Å². The summed E-state index contributed by atoms with van der Waals surface area (Å²) in [6.07, 6.45) is 0. The van der Waals surface area contributed by atoms with Gasteiger partial charge in [-0.05, 0) is 31.2 Å². The van der Waals surface area contributed by atoms with Gasteiger partial charge in [-0.15, -0.1) is 0 Å². The predicted molar refractivity (Wildman–Crippen MR) is 71.7 cm³/mol. The number of benzene rings is 1. The zero-order valence-corrected chi connectivity index (χ0v) is 11.2. The molecule has 0 bridgehead atoms. The van der Waals surface area contributed by atoms with E-state index >= 15 is 0 Å². The van der Waals surface area contributed by atoms with E-state index in [1.54, 1.807) is 4.68 Å². The summed E-state index contributed by atoms with van der Waals surface area (Å²) in [5.74, 6) is 0. The quantitative estimate of drug-likeness (QED) is 0.922. The van der Waals surface area contributed by atoms with Gasteiger partial charge < -0.3 is 5.32 Å². The van der Waals surface area contributed by atoms with Gasteiger partial charge in [0, 0.05) is 17.8 Å². The van der Waals surface area contributed by atoms with E-state index in [-0.39, 0.29) is 0 Å². The van der Waals surface area contributed by atoms with E-state index in [0.29, 0.717) is 11.6 Å². The van der Waals surface area contributed by atoms with Gasteiger partial charge in [-0.2, -0.15) is 5.10 Å². The molecule has 0 atom stereocenters. The van der Waals surface area contributed by atoms with Crippen LogP contribution in [-0.2, 0) is 13.6 Å². The monoisotopic (exact) mass is 269 g/mol. The second-order valence-corrected chi connectivity index (χ2v) is 4.64. The van der Waals surface area contributed by atoms with Gasteiger partial charge in [-0.25, -0.2) is 0 Å². The highest BCUT2D eigenvalue weighted by molar-refractivity contribution is 6.32. The SMILES string of the molecule is Cc1nn(C)c(CNc2ccc(Cl)cc2)c1Cl. The van der Waals surface area contributed by atoms with Gasteiger partial charge in [0.2, 0.25) is 0 Å². The molecule has 1 N–H and O–H groups in total. The lowest BCUT2D eigenvalue weighted by Gasteiger charge is -2.07. The zero-order chi connectivity index (χ0) is 12.4. The molecule has 0 aliphatic carbocycles. The molecule has 0 radical (unpaired) electrons. The molecular weight excluding hydrogens is 257 g/mol. The van der Waals surface area contributed by atoms with Crippen LogP contribution in [0.2, 0.25) is 10.0 Å². The van der Waals surface area contributed by atoms with Gasteiger partial charge in [0.05, 0.1) is 23.0 Å². The van der Waals surface area contributed by atoms with E-state index in [4.69, 9.17) is 23.2 Å². The van der Waals surface area contributed by atoms with Crippen LogP contribution in [0, 0.1) is 6.92 Å². The largest absolute Gasteiger partial charge is 0.379 e. The predicted octanol–water partition coefficient (Wildman–Crippen LogP) is 3.65. The standard InChI is InChI=1S/C12H13Cl2N3/c1-8-12(14)11(17(2)16-8)7-15-10-5-3-9(13)4-6-10/h3-6,15H,7H2,1-2H3. The summed E-state index contributed by atoms with van der Waals surface area (Å²) in [7, 11) is 1.89. The van der Waals surface area contributed by atoms with Crippen LogP contribution in [0.5, 0.6) is 0 Å². The van der Waals surface area contributed by atoms with E-state index in [0.717, 1.165) is 22.1 Å². The Bertz CT molecular complexity index is 517. The van der Waals surface area contributed by atoms with Gasteiger partial charge in [0.1, 0.15) is 0 Å². The first-order valence-corrected chi connectivity index (χ1v) is 6.01. The maximum atomic E-state index is 6.16. The molecule has 1 aromatic carbocycles. The van der Waals surface area contributed by atoms with Crippen LogP contribution in [0.4, 0.5) is 5.69 Å². The number of rotatable bonds is 3. The van der Waals surface area contributed by atoms with Crippen molar-refractivity contribution in [2.75, 3.05) is 5.32 Å². The van der Waals surface area contributed by atoms with Gasteiger partial charge in [0.15, 0.2) is 0 Å². The maximum absolute atomic E-state index is 6.16. The third kappa shape index (κ3) is 2.73. The molecule has 3 nitrogen and oxygen atoms in total. The lowest BCUT2D eigenvalue weighted by atomic mass is 10.3. The minimum absolute atomic E-state index is 0.637. The van der Waals surface area contributed by atoms with E-state index in [1.807, 2.05) is 38.2 Å². The zero-order valence-electron chi connectivity index (χ0n) is 9.67. The van der Waals surface area contributed by atoms with Crippen molar-refractivity contribution in [3.63, 3.8) is 0 Å². The van der Waals surface area contributed by atoms with Crippen molar-refractivity contribution in [3.05, 3.63) is 45.7 Å². The number of aryl methyl sites for hydroxylation is 2. The molecule has 1 heterocycles. The average Bonchev–Trinajstić information content (AvgIpc) is 2.54. The van der Waals surface area contributed by atoms with Crippen molar-refractivity contribution in [1.82, 2.24) is 9.78 Å². The molecule has 0 aliphatic heterocycles. The van der Waals surface area contributed by atoms with Crippen LogP contribution >= 0.6 is 23.2 Å². The second-order valence-electron chi connectivity index (χ2n) is 3.83. The highest BCUT2D eigenvalue weighted by Gasteiger charge is 2.10. The number of hydrogen-bond acceptors (Lipinski definition) is 2. The van der Waals surface area contributed by atoms with Crippen LogP contribution in [-0.4, -0.2) is 9.78 Å². The number of hydrogen-bond donors (Lipinski definition) is 1. The normalized spacial score (nSPS) is 10.6. The van der Waals surface area contributed by atoms with Gasteiger partial charge in [0.25, 0.3) is 0 Å². The highest BCUT2D eigenvalue weighted by Crippen LogP contribution is 2.21. The molecule has 0 fully saturated rings. The number of nitrogens with zero attached hydrogens (tertiary/aromatic N) is 2. The molecule has 0 unspecified atom stereocenters. The van der Waals surface area contributed by atoms with Crippen molar-refractivity contribution < 1.29 is 0 Å². The Hall–Kier alpha value is -1.19. The lowest BCUT2D eigenvalue weighted by Crippen LogP contribution is -2.05. The molecule has 1 aromatic heterocycles. The Kier molecular flexibility index (Phi) is 3.60. The van der Waals surface area contributed by atoms with Crippen molar-refractivity contribution in [3.8, 4) is 0 Å². The molecule has 0 saturated carbocycles. The molecule has 90 valence electrons. The molecule has 2 rings (SSSR count). The summed E-state index contributed by atoms with van der Waals surface area (Å²) in [5, 5.41) is 8.98. The molecule has 0 saturated heterocycles. The van der Waals surface area contributed by atoms with E-state index < -0.39 is 0 Å². The molecular formula is C12H13Cl2N3. The summed E-state index contributed by atoms with van der Waals surface area (Å²) < 4.78 is 1.79. The number of nitrogens with one attached hydrogen (secondary N) is 1. The van der Waals surface area contributed by atoms with Crippen molar-refractivity contribution in [2.24, 2.45) is 7.05 Å². The van der Waals surface area contributed by atoms with Crippen LogP contribution in [0.15, 0.2) is 24.3 Å². The smallest absolute Gasteiger partial charge is 0.0865 e. The third-order valence-corrected chi connectivity index (χ3v) is 3.31. The number of aromatic nitrogens is 2. The fourth-order valence-corrected chi connectivity index (χ4v) is 1.98. The fraction of sp³-hybridized carbons (Fsp3) is 0.250. The number of halogens is 2. The summed E-state index contributed by atoms with van der Waals surface area (Å²) >= 11 is 12.0. The summed E-state index contributed by atoms with van der Waals surface area (Å²) in [4.78, 5) is 0. The van der Waals surface area contributed by atoms with Gasteiger partial charge in [-0.3, -0.25) is 4.68 Å². The third-order valence-electron chi connectivity index (χ3n) is 2.57. The minimum Gasteiger partial charge on any atom is -0.379 e. The van der Waals surface area contributed by atoms with E-state index in [2.05, 4.69) is 10.4 Å². The van der Waals surface area contributed by atoms with Gasteiger partial charge in [-0.1, -0.05) is 23.2 Å². The van der Waals surface area contributed by atoms with Crippen molar-refractivity contribution in [2.45, 2.75) is 13.5 Å². The van der Waals surface area contributed by atoms with Crippen LogP contribution in [0.1, 0.15) is 11.4 Å². The van der Waals surface area contributed by atoms with E-state index in [9.17, 15) is 0 Å². The Balaban J connectivity index is 2.09. The summed E-state index contributed by atoms with van der Waals surface area (Å²) in [5.41, 5.74) is 2.82. The first-order chi connectivity index (χ1) is 8.08.